The van der Waals surface area contributed by atoms with Crippen LogP contribution in [0, 0.1) is 12.8 Å². The van der Waals surface area contributed by atoms with Gasteiger partial charge < -0.3 is 4.74 Å². The Morgan fingerprint density at radius 2 is 2.10 bits per heavy atom. The predicted molar refractivity (Wildman–Crippen MR) is 86.6 cm³/mol. The van der Waals surface area contributed by atoms with Crippen LogP contribution in [0.15, 0.2) is 24.3 Å². The third kappa shape index (κ3) is 5.20. The molecule has 0 aliphatic rings. The standard InChI is InChI=1S/C18H27NO/c1-6-14(3)10-8-9-11-17-13-12-15(4)19-18(17)16(5)20-7-2/h8-9,11-14H,6-7,10H2,1-5H3/b9-8+,17-11-,18-16-. The molecule has 0 bridgehead atoms. The number of aryl methyl sites for hydroxylation is 1. The van der Waals surface area contributed by atoms with Crippen molar-refractivity contribution in [2.75, 3.05) is 6.61 Å². The monoisotopic (exact) mass is 273 g/mol. The van der Waals surface area contributed by atoms with Crippen molar-refractivity contribution in [3.63, 3.8) is 0 Å². The number of hydrogen-bond donors (Lipinski definition) is 0. The molecule has 1 atom stereocenters. The number of ether oxygens (including phenoxy) is 1. The lowest BCUT2D eigenvalue weighted by Gasteiger charge is -2.03. The minimum Gasteiger partial charge on any atom is -0.496 e. The van der Waals surface area contributed by atoms with Gasteiger partial charge in [-0.3, -0.25) is 0 Å². The Balaban J connectivity index is 3.09. The number of pyridine rings is 1. The molecule has 110 valence electrons. The van der Waals surface area contributed by atoms with Gasteiger partial charge in [0, 0.05) is 10.9 Å². The van der Waals surface area contributed by atoms with Crippen LogP contribution in [0.3, 0.4) is 0 Å². The fourth-order valence-corrected chi connectivity index (χ4v) is 1.92. The summed E-state index contributed by atoms with van der Waals surface area (Å²) < 4.78 is 5.60. The first-order valence-electron chi connectivity index (χ1n) is 7.52. The highest BCUT2D eigenvalue weighted by molar-refractivity contribution is 5.41. The largest absolute Gasteiger partial charge is 0.496 e. The van der Waals surface area contributed by atoms with E-state index in [1.165, 1.54) is 6.42 Å². The van der Waals surface area contributed by atoms with E-state index in [0.717, 1.165) is 34.4 Å². The molecule has 0 aliphatic carbocycles. The molecule has 1 aromatic heterocycles. The van der Waals surface area contributed by atoms with Crippen molar-refractivity contribution in [2.45, 2.75) is 47.5 Å². The Morgan fingerprint density at radius 3 is 2.75 bits per heavy atom. The second-order valence-electron chi connectivity index (χ2n) is 5.22. The van der Waals surface area contributed by atoms with E-state index in [2.05, 4.69) is 43.1 Å². The highest BCUT2D eigenvalue weighted by Crippen LogP contribution is 2.06. The Morgan fingerprint density at radius 1 is 1.35 bits per heavy atom. The quantitative estimate of drug-likeness (QED) is 0.793. The second kappa shape index (κ2) is 8.57. The van der Waals surface area contributed by atoms with Crippen LogP contribution in [0.2, 0.25) is 0 Å². The first kappa shape index (κ1) is 16.5. The third-order valence-corrected chi connectivity index (χ3v) is 3.41. The summed E-state index contributed by atoms with van der Waals surface area (Å²) in [4.78, 5) is 4.59. The SMILES string of the molecule is CCO\C(C)=c1/nc(C)cc/c1=C/C=C/CC(C)CC. The molecule has 0 amide bonds. The van der Waals surface area contributed by atoms with Gasteiger partial charge in [-0.15, -0.1) is 0 Å². The van der Waals surface area contributed by atoms with Gasteiger partial charge in [0.1, 0.15) is 11.1 Å². The number of hydrogen-bond acceptors (Lipinski definition) is 2. The van der Waals surface area contributed by atoms with Gasteiger partial charge in [0.25, 0.3) is 0 Å². The van der Waals surface area contributed by atoms with E-state index in [-0.39, 0.29) is 0 Å². The normalized spacial score (nSPS) is 15.6. The number of allylic oxidation sites excluding steroid dienone is 2. The maximum absolute atomic E-state index is 5.60. The van der Waals surface area contributed by atoms with Gasteiger partial charge >= 0.3 is 0 Å². The molecule has 0 saturated heterocycles. The van der Waals surface area contributed by atoms with Crippen molar-refractivity contribution in [3.8, 4) is 0 Å². The summed E-state index contributed by atoms with van der Waals surface area (Å²) in [5, 5.41) is 2.06. The highest BCUT2D eigenvalue weighted by Gasteiger charge is 1.96. The molecule has 2 nitrogen and oxygen atoms in total. The van der Waals surface area contributed by atoms with Crippen molar-refractivity contribution in [1.82, 2.24) is 4.98 Å². The molecule has 1 aromatic rings. The molecule has 2 heteroatoms. The summed E-state index contributed by atoms with van der Waals surface area (Å²) in [6.45, 7) is 11.1. The van der Waals surface area contributed by atoms with E-state index < -0.39 is 0 Å². The fourth-order valence-electron chi connectivity index (χ4n) is 1.92. The minimum atomic E-state index is 0.671. The lowest BCUT2D eigenvalue weighted by molar-refractivity contribution is 0.289. The molecule has 0 radical (unpaired) electrons. The first-order chi connectivity index (χ1) is 9.58. The smallest absolute Gasteiger partial charge is 0.119 e. The van der Waals surface area contributed by atoms with E-state index in [1.807, 2.05) is 26.8 Å². The molecule has 0 saturated carbocycles. The average Bonchev–Trinajstić information content (AvgIpc) is 2.44. The van der Waals surface area contributed by atoms with E-state index in [0.29, 0.717) is 6.61 Å². The van der Waals surface area contributed by atoms with Crippen LogP contribution in [0.1, 0.15) is 46.2 Å². The summed E-state index contributed by atoms with van der Waals surface area (Å²) in [7, 11) is 0. The van der Waals surface area contributed by atoms with Gasteiger partial charge in [-0.05, 0) is 39.2 Å². The molecular formula is C18H27NO. The number of aromatic nitrogens is 1. The Labute approximate surface area is 122 Å². The van der Waals surface area contributed by atoms with Crippen LogP contribution in [-0.4, -0.2) is 11.6 Å². The summed E-state index contributed by atoms with van der Waals surface area (Å²) in [5.41, 5.74) is 1.01. The maximum Gasteiger partial charge on any atom is 0.119 e. The van der Waals surface area contributed by atoms with E-state index >= 15 is 0 Å². The summed E-state index contributed by atoms with van der Waals surface area (Å²) >= 11 is 0. The van der Waals surface area contributed by atoms with Crippen molar-refractivity contribution in [1.29, 1.82) is 0 Å². The Bertz CT molecular complexity index is 557. The number of nitrogens with zero attached hydrogens (tertiary/aromatic N) is 1. The molecule has 0 N–H and O–H groups in total. The van der Waals surface area contributed by atoms with Crippen molar-refractivity contribution in [2.24, 2.45) is 5.92 Å². The first-order valence-corrected chi connectivity index (χ1v) is 7.52. The van der Waals surface area contributed by atoms with Crippen molar-refractivity contribution in [3.05, 3.63) is 40.5 Å². The highest BCUT2D eigenvalue weighted by atomic mass is 16.5. The van der Waals surface area contributed by atoms with Gasteiger partial charge in [-0.25, -0.2) is 4.98 Å². The summed E-state index contributed by atoms with van der Waals surface area (Å²) in [5.74, 6) is 1.63. The maximum atomic E-state index is 5.60. The molecule has 0 aliphatic heterocycles. The van der Waals surface area contributed by atoms with Crippen LogP contribution in [0.4, 0.5) is 0 Å². The van der Waals surface area contributed by atoms with Gasteiger partial charge in [0.05, 0.1) is 6.61 Å². The molecule has 0 fully saturated rings. The lowest BCUT2D eigenvalue weighted by Crippen LogP contribution is -2.31. The van der Waals surface area contributed by atoms with Gasteiger partial charge in [0.15, 0.2) is 0 Å². The van der Waals surface area contributed by atoms with Crippen molar-refractivity contribution >= 4 is 11.8 Å². The van der Waals surface area contributed by atoms with E-state index in [4.69, 9.17) is 4.74 Å². The number of rotatable bonds is 6. The van der Waals surface area contributed by atoms with Gasteiger partial charge in [-0.2, -0.15) is 0 Å². The molecular weight excluding hydrogens is 246 g/mol. The predicted octanol–water partition coefficient (Wildman–Crippen LogP) is 3.33. The zero-order chi connectivity index (χ0) is 15.0. The van der Waals surface area contributed by atoms with E-state index in [1.54, 1.807) is 0 Å². The third-order valence-electron chi connectivity index (χ3n) is 3.41. The lowest BCUT2D eigenvalue weighted by atomic mass is 10.1. The van der Waals surface area contributed by atoms with Crippen LogP contribution < -0.4 is 10.6 Å². The van der Waals surface area contributed by atoms with Crippen molar-refractivity contribution < 1.29 is 4.74 Å². The second-order valence-corrected chi connectivity index (χ2v) is 5.22. The molecule has 20 heavy (non-hydrogen) atoms. The summed E-state index contributed by atoms with van der Waals surface area (Å²) in [6, 6.07) is 4.14. The minimum absolute atomic E-state index is 0.671. The Kier molecular flexibility index (Phi) is 7.06. The molecule has 0 spiro atoms. The fraction of sp³-hybridized carbons (Fsp3) is 0.500. The topological polar surface area (TPSA) is 22.1 Å². The van der Waals surface area contributed by atoms with Crippen LogP contribution in [-0.2, 0) is 4.74 Å². The molecule has 0 aromatic carbocycles. The Hall–Kier alpha value is -1.57. The zero-order valence-corrected chi connectivity index (χ0v) is 13.4. The zero-order valence-electron chi connectivity index (χ0n) is 13.4. The average molecular weight is 273 g/mol. The molecule has 1 unspecified atom stereocenters. The van der Waals surface area contributed by atoms with E-state index in [9.17, 15) is 0 Å². The van der Waals surface area contributed by atoms with Crippen LogP contribution in [0.25, 0.3) is 11.8 Å². The van der Waals surface area contributed by atoms with Gasteiger partial charge in [-0.1, -0.05) is 44.6 Å². The summed E-state index contributed by atoms with van der Waals surface area (Å²) in [6.07, 6.45) is 8.82. The molecule has 1 heterocycles. The molecule has 1 rings (SSSR count). The van der Waals surface area contributed by atoms with Gasteiger partial charge in [0.2, 0.25) is 0 Å². The van der Waals surface area contributed by atoms with Crippen LogP contribution >= 0.6 is 0 Å². The van der Waals surface area contributed by atoms with Crippen LogP contribution in [0.5, 0.6) is 0 Å².